The molecule has 0 radical (unpaired) electrons. The van der Waals surface area contributed by atoms with Crippen LogP contribution in [0.5, 0.6) is 0 Å². The minimum atomic E-state index is -0.603. The maximum absolute atomic E-state index is 10.3. The van der Waals surface area contributed by atoms with E-state index in [9.17, 15) is 4.79 Å². The van der Waals surface area contributed by atoms with Gasteiger partial charge in [0.2, 0.25) is 5.91 Å². The summed E-state index contributed by atoms with van der Waals surface area (Å²) in [6, 6.07) is 0. The van der Waals surface area contributed by atoms with Gasteiger partial charge in [0.15, 0.2) is 0 Å². The van der Waals surface area contributed by atoms with Gasteiger partial charge in [0, 0.05) is 20.6 Å². The predicted octanol–water partition coefficient (Wildman–Crippen LogP) is -0.870. The molecule has 10 heavy (non-hydrogen) atoms. The normalized spacial score (nSPS) is 12.7. The minimum Gasteiger partial charge on any atom is -0.389 e. The largest absolute Gasteiger partial charge is 0.389 e. The van der Waals surface area contributed by atoms with Crippen LogP contribution < -0.4 is 5.32 Å². The summed E-state index contributed by atoms with van der Waals surface area (Å²) in [7, 11) is 1.50. The lowest BCUT2D eigenvalue weighted by molar-refractivity contribution is -0.119. The molecule has 4 heteroatoms. The molecule has 0 aromatic carbocycles. The molecule has 0 unspecified atom stereocenters. The van der Waals surface area contributed by atoms with Crippen LogP contribution in [0.3, 0.4) is 0 Å². The first kappa shape index (κ1) is 9.39. The van der Waals surface area contributed by atoms with E-state index >= 15 is 0 Å². The summed E-state index contributed by atoms with van der Waals surface area (Å²) in [6.45, 7) is 1.91. The third-order valence-electron chi connectivity index (χ3n) is 0.946. The summed E-state index contributed by atoms with van der Waals surface area (Å²) in [5.74, 6) is -0.143. The van der Waals surface area contributed by atoms with Crippen molar-refractivity contribution < 1.29 is 14.6 Å². The van der Waals surface area contributed by atoms with Gasteiger partial charge in [0.25, 0.3) is 0 Å². The topological polar surface area (TPSA) is 58.6 Å². The fourth-order valence-corrected chi connectivity index (χ4v) is 0.513. The number of nitrogens with one attached hydrogen (secondary N) is 1. The van der Waals surface area contributed by atoms with Crippen molar-refractivity contribution in [3.8, 4) is 0 Å². The van der Waals surface area contributed by atoms with Gasteiger partial charge in [-0.3, -0.25) is 4.79 Å². The van der Waals surface area contributed by atoms with Crippen LogP contribution in [0.4, 0.5) is 0 Å². The zero-order valence-corrected chi connectivity index (χ0v) is 6.26. The van der Waals surface area contributed by atoms with Gasteiger partial charge in [-0.15, -0.1) is 0 Å². The summed E-state index contributed by atoms with van der Waals surface area (Å²) >= 11 is 0. The van der Waals surface area contributed by atoms with Crippen LogP contribution in [0.1, 0.15) is 6.92 Å². The van der Waals surface area contributed by atoms with Gasteiger partial charge in [-0.1, -0.05) is 0 Å². The van der Waals surface area contributed by atoms with Crippen molar-refractivity contribution in [2.24, 2.45) is 0 Å². The van der Waals surface area contributed by atoms with Crippen LogP contribution in [-0.4, -0.2) is 37.4 Å². The molecule has 0 aliphatic rings. The molecular weight excluding hydrogens is 134 g/mol. The van der Waals surface area contributed by atoms with Crippen molar-refractivity contribution >= 4 is 5.91 Å². The number of rotatable bonds is 4. The highest BCUT2D eigenvalue weighted by molar-refractivity contribution is 5.72. The molecule has 0 aliphatic carbocycles. The van der Waals surface area contributed by atoms with Gasteiger partial charge in [-0.25, -0.2) is 0 Å². The molecular formula is C6H13NO3. The second-order valence-electron chi connectivity index (χ2n) is 2.05. The lowest BCUT2D eigenvalue weighted by Crippen LogP contribution is -2.32. The monoisotopic (exact) mass is 147 g/mol. The Kier molecular flexibility index (Phi) is 4.88. The van der Waals surface area contributed by atoms with Gasteiger partial charge in [-0.2, -0.15) is 0 Å². The molecule has 0 saturated heterocycles. The highest BCUT2D eigenvalue weighted by Gasteiger charge is 2.02. The standard InChI is InChI=1S/C6H13NO3/c1-5(8)7-3-6(9)4-10-2/h6,9H,3-4H2,1-2H3,(H,7,8)/t6-/m1/s1. The van der Waals surface area contributed by atoms with Gasteiger partial charge >= 0.3 is 0 Å². The number of methoxy groups -OCH3 is 1. The van der Waals surface area contributed by atoms with Crippen molar-refractivity contribution in [1.29, 1.82) is 0 Å². The first-order valence-electron chi connectivity index (χ1n) is 3.08. The number of amides is 1. The molecule has 0 fully saturated rings. The maximum Gasteiger partial charge on any atom is 0.216 e. The number of hydrogen-bond acceptors (Lipinski definition) is 3. The predicted molar refractivity (Wildman–Crippen MR) is 36.6 cm³/mol. The second-order valence-corrected chi connectivity index (χ2v) is 2.05. The first-order chi connectivity index (χ1) is 4.66. The fourth-order valence-electron chi connectivity index (χ4n) is 0.513. The molecule has 1 atom stereocenters. The van der Waals surface area contributed by atoms with E-state index in [-0.39, 0.29) is 19.1 Å². The molecule has 0 heterocycles. The van der Waals surface area contributed by atoms with Crippen LogP contribution in [0, 0.1) is 0 Å². The van der Waals surface area contributed by atoms with Crippen molar-refractivity contribution in [2.75, 3.05) is 20.3 Å². The molecule has 4 nitrogen and oxygen atoms in total. The van der Waals surface area contributed by atoms with Crippen LogP contribution in [0.25, 0.3) is 0 Å². The molecule has 2 N–H and O–H groups in total. The Morgan fingerprint density at radius 1 is 1.80 bits per heavy atom. The zero-order chi connectivity index (χ0) is 7.98. The lowest BCUT2D eigenvalue weighted by Gasteiger charge is -2.08. The van der Waals surface area contributed by atoms with Gasteiger partial charge in [0.05, 0.1) is 12.7 Å². The summed E-state index contributed by atoms with van der Waals surface area (Å²) < 4.78 is 4.63. The number of aliphatic hydroxyl groups excluding tert-OH is 1. The van der Waals surface area contributed by atoms with Crippen LogP contribution in [0.2, 0.25) is 0 Å². The van der Waals surface area contributed by atoms with E-state index in [4.69, 9.17) is 5.11 Å². The van der Waals surface area contributed by atoms with Crippen LogP contribution in [-0.2, 0) is 9.53 Å². The third kappa shape index (κ3) is 5.53. The van der Waals surface area contributed by atoms with Crippen molar-refractivity contribution in [1.82, 2.24) is 5.32 Å². The molecule has 0 spiro atoms. The molecule has 0 rings (SSSR count). The number of ether oxygens (including phenoxy) is 1. The average molecular weight is 147 g/mol. The van der Waals surface area contributed by atoms with Gasteiger partial charge < -0.3 is 15.2 Å². The maximum atomic E-state index is 10.3. The summed E-state index contributed by atoms with van der Waals surface area (Å²) in [5, 5.41) is 11.4. The lowest BCUT2D eigenvalue weighted by atomic mass is 10.4. The Morgan fingerprint density at radius 2 is 2.40 bits per heavy atom. The molecule has 1 amide bonds. The van der Waals surface area contributed by atoms with E-state index in [1.165, 1.54) is 14.0 Å². The summed E-state index contributed by atoms with van der Waals surface area (Å²) in [4.78, 5) is 10.3. The van der Waals surface area contributed by atoms with Crippen molar-refractivity contribution in [2.45, 2.75) is 13.0 Å². The van der Waals surface area contributed by atoms with E-state index in [1.807, 2.05) is 0 Å². The fraction of sp³-hybridized carbons (Fsp3) is 0.833. The smallest absolute Gasteiger partial charge is 0.216 e. The van der Waals surface area contributed by atoms with E-state index in [2.05, 4.69) is 10.1 Å². The van der Waals surface area contributed by atoms with Gasteiger partial charge in [0.1, 0.15) is 0 Å². The first-order valence-corrected chi connectivity index (χ1v) is 3.08. The summed E-state index contributed by atoms with van der Waals surface area (Å²) in [5.41, 5.74) is 0. The van der Waals surface area contributed by atoms with Gasteiger partial charge in [-0.05, 0) is 0 Å². The Hall–Kier alpha value is -0.610. The van der Waals surface area contributed by atoms with Crippen molar-refractivity contribution in [3.05, 3.63) is 0 Å². The van der Waals surface area contributed by atoms with E-state index in [0.717, 1.165) is 0 Å². The van der Waals surface area contributed by atoms with Crippen LogP contribution in [0.15, 0.2) is 0 Å². The zero-order valence-electron chi connectivity index (χ0n) is 6.26. The Balaban J connectivity index is 3.21. The number of carbonyl (C=O) groups excluding carboxylic acids is 1. The van der Waals surface area contributed by atoms with Crippen molar-refractivity contribution in [3.63, 3.8) is 0 Å². The van der Waals surface area contributed by atoms with E-state index in [1.54, 1.807) is 0 Å². The average Bonchev–Trinajstić information content (AvgIpc) is 1.85. The Bertz CT molecular complexity index is 105. The van der Waals surface area contributed by atoms with E-state index < -0.39 is 6.10 Å². The molecule has 0 saturated carbocycles. The quantitative estimate of drug-likeness (QED) is 0.543. The Labute approximate surface area is 60.2 Å². The Morgan fingerprint density at radius 3 is 2.80 bits per heavy atom. The summed E-state index contributed by atoms with van der Waals surface area (Å²) in [6.07, 6.45) is -0.603. The number of hydrogen-bond donors (Lipinski definition) is 2. The molecule has 0 aliphatic heterocycles. The molecule has 0 aromatic heterocycles. The van der Waals surface area contributed by atoms with Crippen LogP contribution >= 0.6 is 0 Å². The minimum absolute atomic E-state index is 0.143. The second kappa shape index (κ2) is 5.20. The SMILES string of the molecule is COC[C@H](O)CNC(C)=O. The highest BCUT2D eigenvalue weighted by atomic mass is 16.5. The molecule has 0 bridgehead atoms. The number of carbonyl (C=O) groups is 1. The van der Waals surface area contributed by atoms with E-state index in [0.29, 0.717) is 0 Å². The number of aliphatic hydroxyl groups is 1. The molecule has 60 valence electrons. The third-order valence-corrected chi connectivity index (χ3v) is 0.946. The molecule has 0 aromatic rings. The highest BCUT2D eigenvalue weighted by Crippen LogP contribution is 1.79.